The van der Waals surface area contributed by atoms with Gasteiger partial charge in [0.25, 0.3) is 0 Å². The third-order valence-corrected chi connectivity index (χ3v) is 3.99. The Morgan fingerprint density at radius 2 is 1.56 bits per heavy atom. The molecular weight excluding hydrogens is 391 g/mol. The van der Waals surface area contributed by atoms with Crippen LogP contribution in [0.1, 0.15) is 0 Å². The molecule has 2 rings (SSSR count). The van der Waals surface area contributed by atoms with Crippen LogP contribution >= 0.6 is 34.8 Å². The fraction of sp³-hybridized carbons (Fsp3) is 0.286. The standard InChI is InChI=1S/C14H17Cl3N6O2/c15-7-6-10(8(16)5-9(7)18)21-13-11(17)12(19-1-3-24)22-14(23-13)20-2-4-25/h5-6,24-25H,1-4,18H2,(H3,19,20,21,22,23). The highest BCUT2D eigenvalue weighted by Crippen LogP contribution is 2.36. The summed E-state index contributed by atoms with van der Waals surface area (Å²) in [6.45, 7) is 0.328. The first-order chi connectivity index (χ1) is 12.0. The molecule has 25 heavy (non-hydrogen) atoms. The van der Waals surface area contributed by atoms with E-state index in [2.05, 4.69) is 25.9 Å². The summed E-state index contributed by atoms with van der Waals surface area (Å²) in [7, 11) is 0. The minimum absolute atomic E-state index is 0.0897. The van der Waals surface area contributed by atoms with Gasteiger partial charge in [-0.15, -0.1) is 0 Å². The summed E-state index contributed by atoms with van der Waals surface area (Å²) in [5, 5.41) is 27.5. The molecule has 0 saturated heterocycles. The Morgan fingerprint density at radius 1 is 0.920 bits per heavy atom. The Labute approximate surface area is 159 Å². The van der Waals surface area contributed by atoms with Gasteiger partial charge in [-0.2, -0.15) is 9.97 Å². The number of hydrogen-bond donors (Lipinski definition) is 6. The van der Waals surface area contributed by atoms with Crippen molar-refractivity contribution in [1.82, 2.24) is 9.97 Å². The van der Waals surface area contributed by atoms with Gasteiger partial charge < -0.3 is 31.9 Å². The summed E-state index contributed by atoms with van der Waals surface area (Å²) in [5.74, 6) is 0.811. The second kappa shape index (κ2) is 9.12. The largest absolute Gasteiger partial charge is 0.397 e. The van der Waals surface area contributed by atoms with Crippen LogP contribution < -0.4 is 21.7 Å². The van der Waals surface area contributed by atoms with Crippen molar-refractivity contribution in [2.24, 2.45) is 0 Å². The molecule has 7 N–H and O–H groups in total. The maximum atomic E-state index is 8.97. The number of nitrogens with zero attached hydrogens (tertiary/aromatic N) is 2. The summed E-state index contributed by atoms with van der Waals surface area (Å²) < 4.78 is 0. The third-order valence-electron chi connectivity index (χ3n) is 2.99. The molecule has 0 fully saturated rings. The lowest BCUT2D eigenvalue weighted by Gasteiger charge is -2.15. The number of nitrogens with two attached hydrogens (primary N) is 1. The molecule has 0 aliphatic carbocycles. The van der Waals surface area contributed by atoms with Gasteiger partial charge in [-0.05, 0) is 12.1 Å². The van der Waals surface area contributed by atoms with E-state index < -0.39 is 0 Å². The highest BCUT2D eigenvalue weighted by Gasteiger charge is 2.15. The zero-order valence-corrected chi connectivity index (χ0v) is 15.3. The van der Waals surface area contributed by atoms with E-state index in [1.807, 2.05) is 0 Å². The van der Waals surface area contributed by atoms with Crippen LogP contribution in [-0.2, 0) is 0 Å². The van der Waals surface area contributed by atoms with Gasteiger partial charge in [-0.25, -0.2) is 0 Å². The quantitative estimate of drug-likeness (QED) is 0.368. The zero-order chi connectivity index (χ0) is 18.4. The number of anilines is 5. The number of nitrogen functional groups attached to an aromatic ring is 1. The molecule has 0 amide bonds. The molecular formula is C14H17Cl3N6O2. The van der Waals surface area contributed by atoms with Crippen molar-refractivity contribution in [2.45, 2.75) is 0 Å². The average Bonchev–Trinajstić information content (AvgIpc) is 2.58. The van der Waals surface area contributed by atoms with Crippen molar-refractivity contribution in [3.8, 4) is 0 Å². The van der Waals surface area contributed by atoms with Crippen molar-refractivity contribution >= 4 is 63.8 Å². The van der Waals surface area contributed by atoms with Crippen LogP contribution in [0.3, 0.4) is 0 Å². The van der Waals surface area contributed by atoms with Gasteiger partial charge in [0, 0.05) is 13.1 Å². The van der Waals surface area contributed by atoms with Crippen LogP contribution in [-0.4, -0.2) is 46.5 Å². The van der Waals surface area contributed by atoms with E-state index in [-0.39, 0.29) is 43.1 Å². The average molecular weight is 408 g/mol. The maximum absolute atomic E-state index is 8.97. The maximum Gasteiger partial charge on any atom is 0.226 e. The predicted molar refractivity (Wildman–Crippen MR) is 102 cm³/mol. The molecule has 0 bridgehead atoms. The summed E-state index contributed by atoms with van der Waals surface area (Å²) in [6.07, 6.45) is 0. The topological polar surface area (TPSA) is 128 Å². The molecule has 0 unspecified atom stereocenters. The van der Waals surface area contributed by atoms with E-state index in [0.717, 1.165) is 0 Å². The van der Waals surface area contributed by atoms with Crippen LogP contribution in [0, 0.1) is 0 Å². The third kappa shape index (κ3) is 5.13. The second-order valence-electron chi connectivity index (χ2n) is 4.84. The Morgan fingerprint density at radius 3 is 2.24 bits per heavy atom. The molecule has 11 heteroatoms. The van der Waals surface area contributed by atoms with Crippen LogP contribution in [0.4, 0.5) is 29.0 Å². The Bertz CT molecular complexity index is 747. The summed E-state index contributed by atoms with van der Waals surface area (Å²) in [6, 6.07) is 3.07. The first kappa shape index (κ1) is 19.6. The summed E-state index contributed by atoms with van der Waals surface area (Å²) in [5.41, 5.74) is 6.52. The Kier molecular flexibility index (Phi) is 7.15. The van der Waals surface area contributed by atoms with Crippen molar-refractivity contribution in [3.63, 3.8) is 0 Å². The predicted octanol–water partition coefficient (Wildman–Crippen LogP) is 2.57. The van der Waals surface area contributed by atoms with Crippen molar-refractivity contribution in [3.05, 3.63) is 27.2 Å². The molecule has 2 aromatic rings. The van der Waals surface area contributed by atoms with Crippen molar-refractivity contribution in [2.75, 3.05) is 48.0 Å². The lowest BCUT2D eigenvalue weighted by molar-refractivity contribution is 0.311. The normalized spacial score (nSPS) is 10.6. The minimum atomic E-state index is -0.0953. The smallest absolute Gasteiger partial charge is 0.226 e. The number of aliphatic hydroxyl groups is 2. The second-order valence-corrected chi connectivity index (χ2v) is 6.03. The Hall–Kier alpha value is -1.71. The highest BCUT2D eigenvalue weighted by molar-refractivity contribution is 6.38. The van der Waals surface area contributed by atoms with E-state index in [1.165, 1.54) is 6.07 Å². The van der Waals surface area contributed by atoms with Crippen LogP contribution in [0.15, 0.2) is 12.1 Å². The minimum Gasteiger partial charge on any atom is -0.397 e. The molecule has 136 valence electrons. The van der Waals surface area contributed by atoms with Gasteiger partial charge in [-0.1, -0.05) is 34.8 Å². The highest BCUT2D eigenvalue weighted by atomic mass is 35.5. The van der Waals surface area contributed by atoms with Crippen molar-refractivity contribution < 1.29 is 10.2 Å². The number of halogens is 3. The summed E-state index contributed by atoms with van der Waals surface area (Å²) >= 11 is 18.5. The monoisotopic (exact) mass is 406 g/mol. The van der Waals surface area contributed by atoms with Gasteiger partial charge in [0.05, 0.1) is 34.6 Å². The van der Waals surface area contributed by atoms with Crippen molar-refractivity contribution in [1.29, 1.82) is 0 Å². The number of rotatable bonds is 8. The number of hydrogen-bond acceptors (Lipinski definition) is 8. The molecule has 8 nitrogen and oxygen atoms in total. The van der Waals surface area contributed by atoms with Crippen LogP contribution in [0.25, 0.3) is 0 Å². The zero-order valence-electron chi connectivity index (χ0n) is 13.0. The molecule has 1 heterocycles. The first-order valence-electron chi connectivity index (χ1n) is 7.24. The molecule has 1 aromatic carbocycles. The van der Waals surface area contributed by atoms with Gasteiger partial charge in [-0.3, -0.25) is 0 Å². The van der Waals surface area contributed by atoms with Gasteiger partial charge in [0.1, 0.15) is 5.02 Å². The molecule has 0 aliphatic heterocycles. The molecule has 0 radical (unpaired) electrons. The lowest BCUT2D eigenvalue weighted by Crippen LogP contribution is -2.14. The molecule has 0 saturated carbocycles. The van der Waals surface area contributed by atoms with E-state index in [0.29, 0.717) is 27.2 Å². The van der Waals surface area contributed by atoms with Crippen LogP contribution in [0.2, 0.25) is 15.1 Å². The summed E-state index contributed by atoms with van der Waals surface area (Å²) in [4.78, 5) is 8.45. The lowest BCUT2D eigenvalue weighted by atomic mass is 10.3. The van der Waals surface area contributed by atoms with Gasteiger partial charge >= 0.3 is 0 Å². The van der Waals surface area contributed by atoms with E-state index in [1.54, 1.807) is 6.07 Å². The van der Waals surface area contributed by atoms with Gasteiger partial charge in [0.15, 0.2) is 11.6 Å². The van der Waals surface area contributed by atoms with E-state index in [4.69, 9.17) is 50.7 Å². The van der Waals surface area contributed by atoms with E-state index in [9.17, 15) is 0 Å². The Balaban J connectivity index is 2.39. The number of benzene rings is 1. The van der Waals surface area contributed by atoms with Gasteiger partial charge in [0.2, 0.25) is 5.95 Å². The molecule has 0 spiro atoms. The molecule has 0 atom stereocenters. The number of aromatic nitrogens is 2. The van der Waals surface area contributed by atoms with E-state index >= 15 is 0 Å². The first-order valence-corrected chi connectivity index (χ1v) is 8.38. The fourth-order valence-electron chi connectivity index (χ4n) is 1.85. The fourth-order valence-corrected chi connectivity index (χ4v) is 2.44. The number of nitrogens with one attached hydrogen (secondary N) is 3. The molecule has 0 aliphatic rings. The number of aliphatic hydroxyl groups excluding tert-OH is 2. The van der Waals surface area contributed by atoms with Crippen LogP contribution in [0.5, 0.6) is 0 Å². The molecule has 1 aromatic heterocycles. The SMILES string of the molecule is Nc1cc(Cl)c(Nc2nc(NCCO)nc(NCCO)c2Cl)cc1Cl.